The number of hydrogen-bond donors (Lipinski definition) is 0. The van der Waals surface area contributed by atoms with E-state index in [0.717, 1.165) is 0 Å². The van der Waals surface area contributed by atoms with E-state index < -0.39 is 23.4 Å². The predicted octanol–water partition coefficient (Wildman–Crippen LogP) is 5.21. The van der Waals surface area contributed by atoms with Crippen LogP contribution in [0.15, 0.2) is 18.2 Å². The summed E-state index contributed by atoms with van der Waals surface area (Å²) in [7, 11) is 0. The summed E-state index contributed by atoms with van der Waals surface area (Å²) in [6.07, 6.45) is -1.10. The van der Waals surface area contributed by atoms with Crippen molar-refractivity contribution in [1.82, 2.24) is 4.90 Å². The number of hydrogen-bond acceptors (Lipinski definition) is 5. The molecule has 7 nitrogen and oxygen atoms in total. The molecule has 0 heterocycles. The number of nitrogens with zero attached hydrogens (tertiary/aromatic N) is 3. The Labute approximate surface area is 178 Å². The van der Waals surface area contributed by atoms with Gasteiger partial charge in [0.1, 0.15) is 17.3 Å². The van der Waals surface area contributed by atoms with E-state index in [2.05, 4.69) is 6.07 Å². The Hall–Kier alpha value is -2.46. The topological polar surface area (TPSA) is 82.9 Å². The molecule has 0 spiro atoms. The highest BCUT2D eigenvalue weighted by atomic mass is 35.5. The first kappa shape index (κ1) is 24.6. The van der Waals surface area contributed by atoms with Gasteiger partial charge in [-0.3, -0.25) is 4.90 Å². The molecule has 160 valence electrons. The first-order valence-electron chi connectivity index (χ1n) is 9.45. The van der Waals surface area contributed by atoms with Crippen LogP contribution in [0.5, 0.6) is 0 Å². The van der Waals surface area contributed by atoms with Crippen molar-refractivity contribution in [2.24, 2.45) is 0 Å². The fourth-order valence-corrected chi connectivity index (χ4v) is 2.54. The molecule has 0 saturated carbocycles. The van der Waals surface area contributed by atoms with Crippen LogP contribution < -0.4 is 4.90 Å². The summed E-state index contributed by atoms with van der Waals surface area (Å²) in [5, 5.41) is 9.84. The molecule has 1 aromatic rings. The minimum atomic E-state index is -0.726. The van der Waals surface area contributed by atoms with E-state index in [0.29, 0.717) is 17.3 Å². The number of nitriles is 1. The van der Waals surface area contributed by atoms with Gasteiger partial charge in [-0.25, -0.2) is 9.59 Å². The molecular formula is C21H30ClN3O4. The number of carbonyl (C=O) groups is 2. The second-order valence-electron chi connectivity index (χ2n) is 8.47. The number of halogens is 1. The average molecular weight is 424 g/mol. The Morgan fingerprint density at radius 2 is 1.59 bits per heavy atom. The van der Waals surface area contributed by atoms with Gasteiger partial charge in [0.05, 0.1) is 11.3 Å². The maximum Gasteiger partial charge on any atom is 0.414 e. The first-order valence-corrected chi connectivity index (χ1v) is 9.83. The van der Waals surface area contributed by atoms with Gasteiger partial charge in [0, 0.05) is 24.7 Å². The van der Waals surface area contributed by atoms with E-state index in [4.69, 9.17) is 21.1 Å². The molecular weight excluding hydrogens is 394 g/mol. The van der Waals surface area contributed by atoms with Crippen molar-refractivity contribution in [2.75, 3.05) is 24.5 Å². The van der Waals surface area contributed by atoms with Crippen molar-refractivity contribution in [3.63, 3.8) is 0 Å². The lowest BCUT2D eigenvalue weighted by atomic mass is 10.1. The molecule has 0 atom stereocenters. The lowest BCUT2D eigenvalue weighted by molar-refractivity contribution is 0.0258. The Morgan fingerprint density at radius 1 is 1.03 bits per heavy atom. The summed E-state index contributed by atoms with van der Waals surface area (Å²) in [5.74, 6) is 0. The lowest BCUT2D eigenvalue weighted by Crippen LogP contribution is -2.44. The van der Waals surface area contributed by atoms with Gasteiger partial charge in [0.25, 0.3) is 0 Å². The van der Waals surface area contributed by atoms with Crippen molar-refractivity contribution in [3.8, 4) is 6.07 Å². The zero-order chi connectivity index (χ0) is 22.4. The van der Waals surface area contributed by atoms with Gasteiger partial charge in [-0.1, -0.05) is 11.6 Å². The highest BCUT2D eigenvalue weighted by Crippen LogP contribution is 2.26. The van der Waals surface area contributed by atoms with E-state index in [-0.39, 0.29) is 18.7 Å². The van der Waals surface area contributed by atoms with Crippen LogP contribution in [0.3, 0.4) is 0 Å². The summed E-state index contributed by atoms with van der Waals surface area (Å²) >= 11 is 6.10. The number of likely N-dealkylation sites (N-methyl/N-ethyl adjacent to an activating group) is 1. The molecule has 0 aliphatic rings. The molecule has 1 aromatic carbocycles. The fourth-order valence-electron chi connectivity index (χ4n) is 2.38. The predicted molar refractivity (Wildman–Crippen MR) is 113 cm³/mol. The Bertz CT molecular complexity index is 776. The average Bonchev–Trinajstić information content (AvgIpc) is 2.55. The van der Waals surface area contributed by atoms with Gasteiger partial charge in [-0.2, -0.15) is 5.26 Å². The molecule has 0 aromatic heterocycles. The summed E-state index contributed by atoms with van der Waals surface area (Å²) in [5.41, 5.74) is -0.748. The number of ether oxygens (including phenoxy) is 2. The van der Waals surface area contributed by atoms with Crippen LogP contribution >= 0.6 is 11.6 Å². The summed E-state index contributed by atoms with van der Waals surface area (Å²) in [6.45, 7) is 13.2. The summed E-state index contributed by atoms with van der Waals surface area (Å²) in [6, 6.07) is 6.72. The van der Waals surface area contributed by atoms with Crippen LogP contribution in [0.1, 0.15) is 54.0 Å². The largest absolute Gasteiger partial charge is 0.444 e. The van der Waals surface area contributed by atoms with E-state index in [9.17, 15) is 14.9 Å². The number of carbonyl (C=O) groups excluding carboxylic acids is 2. The second-order valence-corrected chi connectivity index (χ2v) is 8.90. The molecule has 0 aliphatic heterocycles. The summed E-state index contributed by atoms with van der Waals surface area (Å²) < 4.78 is 10.9. The fraction of sp³-hybridized carbons (Fsp3) is 0.571. The molecule has 0 bridgehead atoms. The maximum absolute atomic E-state index is 12.9. The molecule has 1 rings (SSSR count). The Morgan fingerprint density at radius 3 is 2.07 bits per heavy atom. The van der Waals surface area contributed by atoms with Crippen LogP contribution in [-0.4, -0.2) is 47.9 Å². The normalized spacial score (nSPS) is 11.4. The third-order valence-corrected chi connectivity index (χ3v) is 3.85. The van der Waals surface area contributed by atoms with Crippen LogP contribution in [0.25, 0.3) is 0 Å². The number of rotatable bonds is 5. The standard InChI is InChI=1S/C21H30ClN3O4/c1-8-24(18(26)28-20(2,3)4)11-12-25(19(27)29-21(5,6)7)17-13-16(22)10-9-15(17)14-23/h9-10,13H,8,11-12H2,1-7H3. The van der Waals surface area contributed by atoms with E-state index in [1.54, 1.807) is 53.7 Å². The quantitative estimate of drug-likeness (QED) is 0.649. The van der Waals surface area contributed by atoms with Crippen LogP contribution in [0.4, 0.5) is 15.3 Å². The Balaban J connectivity index is 3.16. The highest BCUT2D eigenvalue weighted by Gasteiger charge is 2.27. The molecule has 8 heteroatoms. The van der Waals surface area contributed by atoms with Crippen LogP contribution in [0.2, 0.25) is 5.02 Å². The monoisotopic (exact) mass is 423 g/mol. The van der Waals surface area contributed by atoms with E-state index in [1.165, 1.54) is 15.9 Å². The maximum atomic E-state index is 12.9. The van der Waals surface area contributed by atoms with Crippen molar-refractivity contribution in [1.29, 1.82) is 5.26 Å². The number of anilines is 1. The van der Waals surface area contributed by atoms with Crippen molar-refractivity contribution >= 4 is 29.5 Å². The highest BCUT2D eigenvalue weighted by molar-refractivity contribution is 6.31. The zero-order valence-electron chi connectivity index (χ0n) is 18.2. The molecule has 0 unspecified atom stereocenters. The van der Waals surface area contributed by atoms with Crippen molar-refractivity contribution < 1.29 is 19.1 Å². The minimum absolute atomic E-state index is 0.108. The van der Waals surface area contributed by atoms with Gasteiger partial charge >= 0.3 is 12.2 Å². The molecule has 29 heavy (non-hydrogen) atoms. The third-order valence-electron chi connectivity index (χ3n) is 3.61. The van der Waals surface area contributed by atoms with Gasteiger partial charge < -0.3 is 14.4 Å². The molecule has 0 aliphatic carbocycles. The van der Waals surface area contributed by atoms with Crippen molar-refractivity contribution in [3.05, 3.63) is 28.8 Å². The number of benzene rings is 1. The third kappa shape index (κ3) is 8.20. The van der Waals surface area contributed by atoms with Gasteiger partial charge in [0.2, 0.25) is 0 Å². The van der Waals surface area contributed by atoms with Crippen molar-refractivity contribution in [2.45, 2.75) is 59.7 Å². The summed E-state index contributed by atoms with van der Waals surface area (Å²) in [4.78, 5) is 28.1. The number of amides is 2. The molecule has 0 radical (unpaired) electrons. The SMILES string of the molecule is CCN(CCN(C(=O)OC(C)(C)C)c1cc(Cl)ccc1C#N)C(=O)OC(C)(C)C. The lowest BCUT2D eigenvalue weighted by Gasteiger charge is -2.31. The molecule has 0 saturated heterocycles. The Kier molecular flexibility index (Phi) is 8.34. The smallest absolute Gasteiger partial charge is 0.414 e. The van der Waals surface area contributed by atoms with Crippen LogP contribution in [-0.2, 0) is 9.47 Å². The van der Waals surface area contributed by atoms with Crippen LogP contribution in [0, 0.1) is 11.3 Å². The molecule has 0 N–H and O–H groups in total. The van der Waals surface area contributed by atoms with Gasteiger partial charge in [0.15, 0.2) is 0 Å². The van der Waals surface area contributed by atoms with E-state index in [1.807, 2.05) is 6.92 Å². The van der Waals surface area contributed by atoms with Gasteiger partial charge in [-0.15, -0.1) is 0 Å². The minimum Gasteiger partial charge on any atom is -0.444 e. The molecule has 2 amide bonds. The second kappa shape index (κ2) is 9.84. The van der Waals surface area contributed by atoms with Gasteiger partial charge in [-0.05, 0) is 66.7 Å². The van der Waals surface area contributed by atoms with E-state index >= 15 is 0 Å². The first-order chi connectivity index (χ1) is 13.3. The zero-order valence-corrected chi connectivity index (χ0v) is 19.0. The molecule has 0 fully saturated rings.